The number of halogens is 1. The molecule has 0 amide bonds. The predicted molar refractivity (Wildman–Crippen MR) is 183 cm³/mol. The maximum Gasteiger partial charge on any atom is 0.312 e. The number of alkyl halides is 1. The van der Waals surface area contributed by atoms with Crippen LogP contribution in [0.25, 0.3) is 0 Å². The quantitative estimate of drug-likeness (QED) is 0.179. The van der Waals surface area contributed by atoms with Gasteiger partial charge >= 0.3 is 11.9 Å². The minimum Gasteiger partial charge on any atom is -0.504 e. The fraction of sp³-hybridized carbons (Fsp3) is 0.447. The molecule has 0 saturated carbocycles. The van der Waals surface area contributed by atoms with E-state index in [1.165, 1.54) is 7.11 Å². The number of nitrogens with zero attached hydrogens (tertiary/aromatic N) is 3. The third kappa shape index (κ3) is 5.60. The number of hydrogen-bond acceptors (Lipinski definition) is 11. The maximum absolute atomic E-state index is 13.3. The molecule has 1 fully saturated rings. The number of carbonyl (C=O) groups is 2. The van der Waals surface area contributed by atoms with Crippen LogP contribution in [0.5, 0.6) is 28.7 Å². The number of aryl methyl sites for hydroxylation is 2. The lowest BCUT2D eigenvalue weighted by Gasteiger charge is -2.59. The van der Waals surface area contributed by atoms with Crippen LogP contribution >= 0.6 is 11.6 Å². The van der Waals surface area contributed by atoms with Gasteiger partial charge in [0.2, 0.25) is 6.79 Å². The third-order valence-corrected chi connectivity index (χ3v) is 10.8. The van der Waals surface area contributed by atoms with Crippen molar-refractivity contribution in [1.82, 2.24) is 9.80 Å². The summed E-state index contributed by atoms with van der Waals surface area (Å²) in [5.41, 5.74) is 5.50. The van der Waals surface area contributed by atoms with Crippen LogP contribution in [-0.4, -0.2) is 78.4 Å². The number of benzene rings is 3. The van der Waals surface area contributed by atoms with Gasteiger partial charge in [0.25, 0.3) is 0 Å². The van der Waals surface area contributed by atoms with Crippen LogP contribution in [0.1, 0.15) is 63.9 Å². The van der Waals surface area contributed by atoms with Crippen molar-refractivity contribution < 1.29 is 38.4 Å². The van der Waals surface area contributed by atoms with Crippen LogP contribution in [0.3, 0.4) is 0 Å². The Hall–Kier alpha value is -4.50. The molecule has 11 nitrogen and oxygen atoms in total. The molecule has 0 aromatic heterocycles. The Morgan fingerprint density at radius 3 is 2.52 bits per heavy atom. The largest absolute Gasteiger partial charge is 0.504 e. The third-order valence-electron chi connectivity index (χ3n) is 10.6. The first-order valence-electron chi connectivity index (χ1n) is 16.9. The number of likely N-dealkylation sites (N-methyl/N-ethyl adjacent to an activating group) is 1. The second-order valence-corrected chi connectivity index (χ2v) is 13.7. The molecule has 4 heterocycles. The molecule has 262 valence electrons. The van der Waals surface area contributed by atoms with E-state index in [-0.39, 0.29) is 55.9 Å². The standard InChI is InChI=1S/C38H40ClN3O8/c1-20-14-23-15-25-27(17-40)42-26(33(41(25)3)31(23)34(45)35(20)46-4)16-24-32(28(42)18-47-29(43)11-10-22-8-6-5-7-9-22)38-37(48-19-49-38)21(2)36(24)50-30(44)12-13-39/h5-9,14,25-28,33,45H,10-13,15-16,18-19H2,1-4H3/t25-,26?,27+,28+,33-/m1/s1. The Labute approximate surface area is 296 Å². The molecule has 12 heteroatoms. The molecule has 1 unspecified atom stereocenters. The van der Waals surface area contributed by atoms with E-state index in [1.54, 1.807) is 0 Å². The molecule has 7 rings (SSSR count). The minimum atomic E-state index is -0.662. The summed E-state index contributed by atoms with van der Waals surface area (Å²) < 4.78 is 29.8. The first kappa shape index (κ1) is 34.0. The predicted octanol–water partition coefficient (Wildman–Crippen LogP) is 5.23. The number of nitriles is 1. The SMILES string of the molecule is COc1c(C)cc2c(c1O)[C@H]1C3Cc4c(OC(=O)CCCl)c(C)c5c(c4[C@H](COC(=O)CCc4ccccc4)N3[C@@H](C#N)[C@@H](C2)N1C)OCO5. The van der Waals surface area contributed by atoms with Crippen LogP contribution in [0.4, 0.5) is 0 Å². The highest BCUT2D eigenvalue weighted by Gasteiger charge is 2.57. The molecule has 0 radical (unpaired) electrons. The Balaban J connectivity index is 1.37. The van der Waals surface area contributed by atoms with Crippen molar-refractivity contribution in [2.45, 2.75) is 76.2 Å². The zero-order valence-electron chi connectivity index (χ0n) is 28.5. The molecule has 1 N–H and O–H groups in total. The Kier molecular flexibility index (Phi) is 9.28. The van der Waals surface area contributed by atoms with E-state index in [4.69, 9.17) is 35.3 Å². The molecule has 1 saturated heterocycles. The van der Waals surface area contributed by atoms with E-state index in [2.05, 4.69) is 15.9 Å². The average molecular weight is 702 g/mol. The first-order valence-corrected chi connectivity index (χ1v) is 17.4. The van der Waals surface area contributed by atoms with E-state index in [0.717, 1.165) is 22.3 Å². The zero-order chi connectivity index (χ0) is 35.3. The lowest BCUT2D eigenvalue weighted by atomic mass is 9.71. The van der Waals surface area contributed by atoms with Gasteiger partial charge in [-0.15, -0.1) is 11.6 Å². The summed E-state index contributed by atoms with van der Waals surface area (Å²) in [4.78, 5) is 30.6. The Morgan fingerprint density at radius 1 is 1.04 bits per heavy atom. The van der Waals surface area contributed by atoms with Gasteiger partial charge in [-0.3, -0.25) is 19.4 Å². The van der Waals surface area contributed by atoms with Crippen molar-refractivity contribution in [3.63, 3.8) is 0 Å². The number of hydrogen-bond donors (Lipinski definition) is 1. The van der Waals surface area contributed by atoms with Gasteiger partial charge in [-0.05, 0) is 56.8 Å². The molecule has 5 atom stereocenters. The summed E-state index contributed by atoms with van der Waals surface area (Å²) in [6, 6.07) is 12.0. The molecular formula is C38H40ClN3O8. The van der Waals surface area contributed by atoms with Crippen molar-refractivity contribution in [3.8, 4) is 34.8 Å². The molecule has 2 bridgehead atoms. The summed E-state index contributed by atoms with van der Waals surface area (Å²) in [6.45, 7) is 3.60. The summed E-state index contributed by atoms with van der Waals surface area (Å²) in [5, 5.41) is 22.6. The van der Waals surface area contributed by atoms with Gasteiger partial charge in [0, 0.05) is 46.6 Å². The number of fused-ring (bicyclic) bond motifs is 9. The fourth-order valence-electron chi connectivity index (χ4n) is 8.51. The number of phenols is 1. The summed E-state index contributed by atoms with van der Waals surface area (Å²) in [5.74, 6) is 0.975. The van der Waals surface area contributed by atoms with E-state index >= 15 is 0 Å². The molecule has 4 aliphatic rings. The molecule has 4 aliphatic heterocycles. The topological polar surface area (TPSA) is 131 Å². The number of aromatic hydroxyl groups is 1. The average Bonchev–Trinajstić information content (AvgIpc) is 3.59. The van der Waals surface area contributed by atoms with Gasteiger partial charge in [0.1, 0.15) is 18.4 Å². The lowest BCUT2D eigenvalue weighted by Crippen LogP contribution is -2.68. The zero-order valence-corrected chi connectivity index (χ0v) is 29.3. The van der Waals surface area contributed by atoms with E-state index in [9.17, 15) is 20.0 Å². The van der Waals surface area contributed by atoms with E-state index in [0.29, 0.717) is 59.0 Å². The van der Waals surface area contributed by atoms with Crippen molar-refractivity contribution in [3.05, 3.63) is 75.3 Å². The molecular weight excluding hydrogens is 662 g/mol. The second-order valence-electron chi connectivity index (χ2n) is 13.3. The van der Waals surface area contributed by atoms with E-state index < -0.39 is 24.1 Å². The fourth-order valence-corrected chi connectivity index (χ4v) is 8.66. The summed E-state index contributed by atoms with van der Waals surface area (Å²) >= 11 is 5.92. The number of piperazine rings is 1. The number of carbonyl (C=O) groups excluding carboxylic acids is 2. The van der Waals surface area contributed by atoms with Gasteiger partial charge in [-0.1, -0.05) is 36.4 Å². The van der Waals surface area contributed by atoms with Gasteiger partial charge < -0.3 is 28.8 Å². The molecule has 0 aliphatic carbocycles. The van der Waals surface area contributed by atoms with Gasteiger partial charge in [0.15, 0.2) is 23.0 Å². The minimum absolute atomic E-state index is 0.00611. The van der Waals surface area contributed by atoms with Crippen LogP contribution in [0.15, 0.2) is 36.4 Å². The lowest BCUT2D eigenvalue weighted by molar-refractivity contribution is -0.149. The van der Waals surface area contributed by atoms with Crippen molar-refractivity contribution in [2.24, 2.45) is 0 Å². The highest BCUT2D eigenvalue weighted by atomic mass is 35.5. The van der Waals surface area contributed by atoms with Crippen LogP contribution in [0.2, 0.25) is 0 Å². The number of ether oxygens (including phenoxy) is 5. The van der Waals surface area contributed by atoms with Crippen LogP contribution < -0.4 is 18.9 Å². The number of esters is 2. The first-order chi connectivity index (χ1) is 24.2. The van der Waals surface area contributed by atoms with Crippen molar-refractivity contribution >= 4 is 23.5 Å². The smallest absolute Gasteiger partial charge is 0.312 e. The van der Waals surface area contributed by atoms with Gasteiger partial charge in [-0.25, -0.2) is 0 Å². The number of phenolic OH excluding ortho intramolecular Hbond substituents is 1. The second kappa shape index (κ2) is 13.7. The maximum atomic E-state index is 13.3. The Bertz CT molecular complexity index is 1880. The molecule has 50 heavy (non-hydrogen) atoms. The molecule has 3 aromatic carbocycles. The van der Waals surface area contributed by atoms with Crippen molar-refractivity contribution in [2.75, 3.05) is 33.4 Å². The van der Waals surface area contributed by atoms with E-state index in [1.807, 2.05) is 57.3 Å². The summed E-state index contributed by atoms with van der Waals surface area (Å²) in [7, 11) is 3.51. The van der Waals surface area contributed by atoms with Crippen LogP contribution in [0, 0.1) is 25.2 Å². The highest BCUT2D eigenvalue weighted by molar-refractivity contribution is 6.18. The normalized spacial score (nSPS) is 23.2. The van der Waals surface area contributed by atoms with Gasteiger partial charge in [-0.2, -0.15) is 5.26 Å². The van der Waals surface area contributed by atoms with Crippen LogP contribution in [-0.2, 0) is 33.6 Å². The van der Waals surface area contributed by atoms with Crippen molar-refractivity contribution in [1.29, 1.82) is 5.26 Å². The van der Waals surface area contributed by atoms with Gasteiger partial charge in [0.05, 0.1) is 31.7 Å². The molecule has 0 spiro atoms. The summed E-state index contributed by atoms with van der Waals surface area (Å²) in [6.07, 6.45) is 1.56. The monoisotopic (exact) mass is 701 g/mol. The highest BCUT2D eigenvalue weighted by Crippen LogP contribution is 2.58. The number of rotatable bonds is 9. The molecule has 3 aromatic rings. The number of methoxy groups -OCH3 is 1. The Morgan fingerprint density at radius 2 is 1.80 bits per heavy atom.